The van der Waals surface area contributed by atoms with E-state index in [2.05, 4.69) is 36.1 Å². The van der Waals surface area contributed by atoms with E-state index < -0.39 is 0 Å². The molecule has 2 aliphatic heterocycles. The summed E-state index contributed by atoms with van der Waals surface area (Å²) in [5.74, 6) is 1.72. The Hall–Kier alpha value is -3.42. The van der Waals surface area contributed by atoms with Crippen molar-refractivity contribution in [1.82, 2.24) is 29.1 Å². The van der Waals surface area contributed by atoms with E-state index in [-0.39, 0.29) is 11.9 Å². The Morgan fingerprint density at radius 3 is 2.79 bits per heavy atom. The highest BCUT2D eigenvalue weighted by molar-refractivity contribution is 5.94. The average Bonchev–Trinajstić information content (AvgIpc) is 3.55. The Morgan fingerprint density at radius 2 is 1.97 bits per heavy atom. The lowest BCUT2D eigenvalue weighted by atomic mass is 9.99. The first-order valence-electron chi connectivity index (χ1n) is 11.9. The Labute approximate surface area is 192 Å². The maximum Gasteiger partial charge on any atom is 0.274 e. The molecule has 2 fully saturated rings. The Bertz CT molecular complexity index is 1310. The Balaban J connectivity index is 1.33. The third kappa shape index (κ3) is 3.53. The second-order valence-electron chi connectivity index (χ2n) is 9.57. The third-order valence-electron chi connectivity index (χ3n) is 7.04. The van der Waals surface area contributed by atoms with E-state index in [0.29, 0.717) is 18.2 Å². The van der Waals surface area contributed by atoms with Crippen LogP contribution in [0, 0.1) is 12.8 Å². The summed E-state index contributed by atoms with van der Waals surface area (Å²) in [5.41, 5.74) is 4.29. The quantitative estimate of drug-likeness (QED) is 0.480. The molecule has 1 amide bonds. The summed E-state index contributed by atoms with van der Waals surface area (Å²) in [6, 6.07) is 9.70. The molecule has 0 aliphatic carbocycles. The van der Waals surface area contributed by atoms with Crippen molar-refractivity contribution in [2.24, 2.45) is 5.92 Å². The van der Waals surface area contributed by atoms with Gasteiger partial charge < -0.3 is 9.80 Å². The molecule has 6 heterocycles. The number of hydrogen-bond acceptors (Lipinski definition) is 5. The molecule has 0 saturated carbocycles. The topological polar surface area (TPSA) is 71.0 Å². The van der Waals surface area contributed by atoms with Gasteiger partial charge in [0.15, 0.2) is 11.3 Å². The summed E-state index contributed by atoms with van der Waals surface area (Å²) >= 11 is 0. The van der Waals surface area contributed by atoms with Gasteiger partial charge in [0.1, 0.15) is 5.82 Å². The number of fused-ring (bicyclic) bond motifs is 2. The van der Waals surface area contributed by atoms with Gasteiger partial charge in [-0.05, 0) is 56.7 Å². The zero-order valence-electron chi connectivity index (χ0n) is 19.2. The molecule has 6 rings (SSSR count). The van der Waals surface area contributed by atoms with E-state index in [9.17, 15) is 4.79 Å². The van der Waals surface area contributed by atoms with Crippen molar-refractivity contribution in [2.75, 3.05) is 24.5 Å². The monoisotopic (exact) mass is 443 g/mol. The second-order valence-corrected chi connectivity index (χ2v) is 9.57. The van der Waals surface area contributed by atoms with Crippen LogP contribution in [-0.4, -0.2) is 54.7 Å². The van der Waals surface area contributed by atoms with Crippen LogP contribution in [0.15, 0.2) is 42.7 Å². The summed E-state index contributed by atoms with van der Waals surface area (Å²) in [4.78, 5) is 22.8. The first-order chi connectivity index (χ1) is 16.1. The van der Waals surface area contributed by atoms with E-state index in [1.807, 2.05) is 39.9 Å². The number of likely N-dealkylation sites (tertiary alicyclic amines) is 1. The molecular weight excluding hydrogens is 414 g/mol. The molecule has 2 saturated heterocycles. The van der Waals surface area contributed by atoms with Crippen molar-refractivity contribution >= 4 is 22.9 Å². The van der Waals surface area contributed by atoms with Crippen LogP contribution in [0.3, 0.4) is 0 Å². The van der Waals surface area contributed by atoms with Gasteiger partial charge in [0, 0.05) is 43.7 Å². The molecule has 0 unspecified atom stereocenters. The number of pyridine rings is 1. The maximum atomic E-state index is 13.5. The largest absolute Gasteiger partial charge is 0.356 e. The number of carbonyl (C=O) groups excluding carboxylic acids is 1. The van der Waals surface area contributed by atoms with E-state index >= 15 is 0 Å². The van der Waals surface area contributed by atoms with Crippen LogP contribution < -0.4 is 4.90 Å². The molecule has 8 heteroatoms. The lowest BCUT2D eigenvalue weighted by Crippen LogP contribution is -2.39. The number of anilines is 1. The number of piperidine rings is 1. The van der Waals surface area contributed by atoms with Crippen molar-refractivity contribution in [2.45, 2.75) is 45.6 Å². The van der Waals surface area contributed by atoms with E-state index in [1.165, 1.54) is 6.42 Å². The molecule has 0 N–H and O–H groups in total. The highest BCUT2D eigenvalue weighted by Crippen LogP contribution is 2.33. The van der Waals surface area contributed by atoms with Crippen LogP contribution in [-0.2, 0) is 0 Å². The number of carbonyl (C=O) groups is 1. The molecule has 4 aromatic heterocycles. The number of hydrogen-bond donors (Lipinski definition) is 0. The lowest BCUT2D eigenvalue weighted by Gasteiger charge is -2.34. The van der Waals surface area contributed by atoms with Crippen molar-refractivity contribution in [3.63, 3.8) is 0 Å². The molecule has 0 spiro atoms. The van der Waals surface area contributed by atoms with Crippen LogP contribution in [0.2, 0.25) is 0 Å². The van der Waals surface area contributed by atoms with Crippen LogP contribution >= 0.6 is 0 Å². The van der Waals surface area contributed by atoms with Crippen molar-refractivity contribution in [3.05, 3.63) is 59.7 Å². The first-order valence-corrected chi connectivity index (χ1v) is 11.9. The molecule has 2 aliphatic rings. The zero-order valence-corrected chi connectivity index (χ0v) is 19.2. The van der Waals surface area contributed by atoms with Gasteiger partial charge in [0.05, 0.1) is 17.3 Å². The molecule has 4 aromatic rings. The number of amides is 1. The highest BCUT2D eigenvalue weighted by atomic mass is 16.2. The summed E-state index contributed by atoms with van der Waals surface area (Å²) in [5, 5.41) is 9.38. The smallest absolute Gasteiger partial charge is 0.274 e. The predicted octanol–water partition coefficient (Wildman–Crippen LogP) is 3.90. The number of aromatic nitrogens is 5. The molecular formula is C25H29N7O. The van der Waals surface area contributed by atoms with Crippen molar-refractivity contribution < 1.29 is 4.79 Å². The van der Waals surface area contributed by atoms with Gasteiger partial charge in [0.2, 0.25) is 0 Å². The fourth-order valence-electron chi connectivity index (χ4n) is 5.30. The lowest BCUT2D eigenvalue weighted by molar-refractivity contribution is 0.0599. The summed E-state index contributed by atoms with van der Waals surface area (Å²) in [7, 11) is 0. The third-order valence-corrected chi connectivity index (χ3v) is 7.04. The molecule has 8 nitrogen and oxygen atoms in total. The Morgan fingerprint density at radius 1 is 1.06 bits per heavy atom. The number of aryl methyl sites for hydroxylation is 1. The van der Waals surface area contributed by atoms with Gasteiger partial charge in [-0.2, -0.15) is 10.2 Å². The standard InChI is InChI=1S/C25H29N7O/c1-17-9-12-29(15-17)24-18(2)16-32-23(26-24)14-20(27-32)22-8-4-5-10-30(22)25(33)21-13-19-7-3-6-11-31(19)28-21/h3,6-7,11,13-14,16-17,22H,4-5,8-10,12,15H2,1-2H3/t17-,22-/m0/s1. The molecule has 0 aromatic carbocycles. The van der Waals surface area contributed by atoms with E-state index in [4.69, 9.17) is 10.1 Å². The van der Waals surface area contributed by atoms with Gasteiger partial charge in [-0.25, -0.2) is 14.0 Å². The Kier molecular flexibility index (Phi) is 4.81. The summed E-state index contributed by atoms with van der Waals surface area (Å²) in [6.45, 7) is 7.22. The molecule has 0 radical (unpaired) electrons. The molecule has 33 heavy (non-hydrogen) atoms. The first kappa shape index (κ1) is 20.2. The predicted molar refractivity (Wildman–Crippen MR) is 127 cm³/mol. The van der Waals surface area contributed by atoms with Crippen LogP contribution in [0.5, 0.6) is 0 Å². The minimum Gasteiger partial charge on any atom is -0.356 e. The summed E-state index contributed by atoms with van der Waals surface area (Å²) < 4.78 is 3.63. The SMILES string of the molecule is Cc1cn2nc([C@@H]3CCCCN3C(=O)c3cc4ccccn4n3)cc2nc1N1CC[C@H](C)C1. The van der Waals surface area contributed by atoms with E-state index in [1.54, 1.807) is 4.52 Å². The second kappa shape index (κ2) is 7.86. The van der Waals surface area contributed by atoms with Gasteiger partial charge in [-0.1, -0.05) is 13.0 Å². The van der Waals surface area contributed by atoms with Crippen LogP contribution in [0.4, 0.5) is 5.82 Å². The van der Waals surface area contributed by atoms with Gasteiger partial charge in [0.25, 0.3) is 5.91 Å². The number of rotatable bonds is 3. The molecule has 2 atom stereocenters. The summed E-state index contributed by atoms with van der Waals surface area (Å²) in [6.07, 6.45) is 8.13. The fraction of sp³-hybridized carbons (Fsp3) is 0.440. The van der Waals surface area contributed by atoms with Gasteiger partial charge in [-0.15, -0.1) is 0 Å². The average molecular weight is 444 g/mol. The van der Waals surface area contributed by atoms with E-state index in [0.717, 1.165) is 60.6 Å². The minimum atomic E-state index is -0.0617. The maximum absolute atomic E-state index is 13.5. The van der Waals surface area contributed by atoms with Gasteiger partial charge in [-0.3, -0.25) is 4.79 Å². The molecule has 170 valence electrons. The zero-order chi connectivity index (χ0) is 22.5. The molecule has 0 bridgehead atoms. The number of nitrogens with zero attached hydrogens (tertiary/aromatic N) is 7. The van der Waals surface area contributed by atoms with Crippen LogP contribution in [0.1, 0.15) is 60.4 Å². The van der Waals surface area contributed by atoms with Crippen LogP contribution in [0.25, 0.3) is 11.2 Å². The van der Waals surface area contributed by atoms with Crippen molar-refractivity contribution in [1.29, 1.82) is 0 Å². The van der Waals surface area contributed by atoms with Crippen molar-refractivity contribution in [3.8, 4) is 0 Å². The van der Waals surface area contributed by atoms with Gasteiger partial charge >= 0.3 is 0 Å². The highest BCUT2D eigenvalue weighted by Gasteiger charge is 2.32. The minimum absolute atomic E-state index is 0.0312. The fourth-order valence-corrected chi connectivity index (χ4v) is 5.30. The normalized spacial score (nSPS) is 21.4.